The minimum Gasteiger partial charge on any atom is -0.461 e. The van der Waals surface area contributed by atoms with Crippen molar-refractivity contribution in [3.05, 3.63) is 83.1 Å². The standard InChI is InChI=1S/C22H21N3OS/c1-15-10-11-16(2)18(13-15)14-27-22-24-23-21(20-9-6-12-26-20)25(22)19-8-5-4-7-17(19)3/h4-13H,14H2,1-3H3. The minimum atomic E-state index is 0.712. The Bertz CT molecular complexity index is 1070. The highest BCUT2D eigenvalue weighted by Gasteiger charge is 2.19. The van der Waals surface area contributed by atoms with Crippen LogP contribution in [0.2, 0.25) is 0 Å². The number of nitrogens with zero attached hydrogens (tertiary/aromatic N) is 3. The normalized spacial score (nSPS) is 11.1. The molecule has 0 aliphatic rings. The van der Waals surface area contributed by atoms with E-state index in [9.17, 15) is 0 Å². The summed E-state index contributed by atoms with van der Waals surface area (Å²) in [6.07, 6.45) is 1.66. The molecule has 0 spiro atoms. The highest BCUT2D eigenvalue weighted by molar-refractivity contribution is 7.98. The van der Waals surface area contributed by atoms with Gasteiger partial charge in [0.2, 0.25) is 5.82 Å². The van der Waals surface area contributed by atoms with Gasteiger partial charge in [-0.25, -0.2) is 0 Å². The molecular weight excluding hydrogens is 354 g/mol. The SMILES string of the molecule is Cc1ccc(C)c(CSc2nnc(-c3ccco3)n2-c2ccccc2C)c1. The van der Waals surface area contributed by atoms with E-state index < -0.39 is 0 Å². The molecule has 2 heterocycles. The Morgan fingerprint density at radius 2 is 1.78 bits per heavy atom. The van der Waals surface area contributed by atoms with Gasteiger partial charge in [0.05, 0.1) is 12.0 Å². The third-order valence-electron chi connectivity index (χ3n) is 4.59. The van der Waals surface area contributed by atoms with Crippen LogP contribution in [0.1, 0.15) is 22.3 Å². The molecule has 2 aromatic carbocycles. The molecule has 27 heavy (non-hydrogen) atoms. The summed E-state index contributed by atoms with van der Waals surface area (Å²) in [4.78, 5) is 0. The third kappa shape index (κ3) is 3.55. The van der Waals surface area contributed by atoms with Crippen molar-refractivity contribution in [3.63, 3.8) is 0 Å². The summed E-state index contributed by atoms with van der Waals surface area (Å²) < 4.78 is 7.69. The number of benzene rings is 2. The molecule has 0 bridgehead atoms. The van der Waals surface area contributed by atoms with E-state index in [1.54, 1.807) is 18.0 Å². The predicted molar refractivity (Wildman–Crippen MR) is 109 cm³/mol. The van der Waals surface area contributed by atoms with Crippen LogP contribution in [0.5, 0.6) is 0 Å². The van der Waals surface area contributed by atoms with Crippen molar-refractivity contribution in [2.24, 2.45) is 0 Å². The van der Waals surface area contributed by atoms with Gasteiger partial charge in [0, 0.05) is 5.75 Å². The molecule has 136 valence electrons. The summed E-state index contributed by atoms with van der Waals surface area (Å²) in [5, 5.41) is 9.76. The van der Waals surface area contributed by atoms with E-state index in [4.69, 9.17) is 4.42 Å². The highest BCUT2D eigenvalue weighted by atomic mass is 32.2. The summed E-state index contributed by atoms with van der Waals surface area (Å²) in [6.45, 7) is 6.37. The topological polar surface area (TPSA) is 43.9 Å². The van der Waals surface area contributed by atoms with Gasteiger partial charge in [-0.1, -0.05) is 53.7 Å². The number of hydrogen-bond acceptors (Lipinski definition) is 4. The lowest BCUT2D eigenvalue weighted by Gasteiger charge is -2.12. The molecule has 0 N–H and O–H groups in total. The number of hydrogen-bond donors (Lipinski definition) is 0. The van der Waals surface area contributed by atoms with E-state index in [0.717, 1.165) is 22.4 Å². The lowest BCUT2D eigenvalue weighted by Crippen LogP contribution is -2.01. The first kappa shape index (κ1) is 17.6. The molecule has 0 amide bonds. The maximum Gasteiger partial charge on any atom is 0.205 e. The molecule has 0 aliphatic carbocycles. The fourth-order valence-electron chi connectivity index (χ4n) is 3.06. The van der Waals surface area contributed by atoms with Gasteiger partial charge in [0.1, 0.15) is 0 Å². The predicted octanol–water partition coefficient (Wildman–Crippen LogP) is 5.74. The summed E-state index contributed by atoms with van der Waals surface area (Å²) >= 11 is 1.69. The van der Waals surface area contributed by atoms with Crippen LogP contribution in [0.25, 0.3) is 17.3 Å². The first-order valence-electron chi connectivity index (χ1n) is 8.87. The molecule has 0 saturated carbocycles. The monoisotopic (exact) mass is 375 g/mol. The van der Waals surface area contributed by atoms with E-state index in [1.807, 2.05) is 24.3 Å². The Hall–Kier alpha value is -2.79. The van der Waals surface area contributed by atoms with E-state index in [2.05, 4.69) is 65.9 Å². The molecule has 0 unspecified atom stereocenters. The minimum absolute atomic E-state index is 0.712. The molecule has 0 radical (unpaired) electrons. The molecule has 4 aromatic rings. The molecule has 4 rings (SSSR count). The van der Waals surface area contributed by atoms with E-state index in [-0.39, 0.29) is 0 Å². The van der Waals surface area contributed by atoms with Crippen LogP contribution in [0.15, 0.2) is 70.4 Å². The van der Waals surface area contributed by atoms with Crippen molar-refractivity contribution in [1.29, 1.82) is 0 Å². The number of furan rings is 1. The summed E-state index contributed by atoms with van der Waals surface area (Å²) in [5.74, 6) is 2.28. The zero-order chi connectivity index (χ0) is 18.8. The maximum atomic E-state index is 5.60. The van der Waals surface area contributed by atoms with Crippen molar-refractivity contribution in [1.82, 2.24) is 14.8 Å². The number of para-hydroxylation sites is 1. The Morgan fingerprint density at radius 1 is 0.926 bits per heavy atom. The number of thioether (sulfide) groups is 1. The van der Waals surface area contributed by atoms with Crippen molar-refractivity contribution in [2.45, 2.75) is 31.7 Å². The average Bonchev–Trinajstić information content (AvgIpc) is 3.32. The van der Waals surface area contributed by atoms with Gasteiger partial charge in [0.15, 0.2) is 10.9 Å². The fraction of sp³-hybridized carbons (Fsp3) is 0.182. The molecular formula is C22H21N3OS. The molecule has 0 atom stereocenters. The van der Waals surface area contributed by atoms with Crippen LogP contribution in [0.3, 0.4) is 0 Å². The summed E-state index contributed by atoms with van der Waals surface area (Å²) in [7, 11) is 0. The van der Waals surface area contributed by atoms with Gasteiger partial charge in [-0.15, -0.1) is 10.2 Å². The Balaban J connectivity index is 1.75. The lowest BCUT2D eigenvalue weighted by molar-refractivity contribution is 0.575. The summed E-state index contributed by atoms with van der Waals surface area (Å²) in [5.41, 5.74) is 6.11. The van der Waals surface area contributed by atoms with Gasteiger partial charge in [-0.3, -0.25) is 4.57 Å². The van der Waals surface area contributed by atoms with Gasteiger partial charge in [-0.2, -0.15) is 0 Å². The van der Waals surface area contributed by atoms with Crippen LogP contribution >= 0.6 is 11.8 Å². The van der Waals surface area contributed by atoms with Crippen LogP contribution in [-0.2, 0) is 5.75 Å². The van der Waals surface area contributed by atoms with Crippen molar-refractivity contribution in [3.8, 4) is 17.3 Å². The first-order chi connectivity index (χ1) is 13.1. The van der Waals surface area contributed by atoms with Gasteiger partial charge < -0.3 is 4.42 Å². The van der Waals surface area contributed by atoms with Gasteiger partial charge >= 0.3 is 0 Å². The van der Waals surface area contributed by atoms with Crippen molar-refractivity contribution < 1.29 is 4.42 Å². The molecule has 0 saturated heterocycles. The fourth-order valence-corrected chi connectivity index (χ4v) is 4.07. The quantitative estimate of drug-likeness (QED) is 0.417. The zero-order valence-corrected chi connectivity index (χ0v) is 16.5. The Kier molecular flexibility index (Phi) is 4.86. The molecule has 4 nitrogen and oxygen atoms in total. The molecule has 0 aliphatic heterocycles. The van der Waals surface area contributed by atoms with Crippen LogP contribution < -0.4 is 0 Å². The zero-order valence-electron chi connectivity index (χ0n) is 15.6. The largest absolute Gasteiger partial charge is 0.461 e. The second-order valence-corrected chi connectivity index (χ2v) is 7.57. The number of aromatic nitrogens is 3. The number of rotatable bonds is 5. The first-order valence-corrected chi connectivity index (χ1v) is 9.86. The molecule has 0 fully saturated rings. The highest BCUT2D eigenvalue weighted by Crippen LogP contribution is 2.31. The van der Waals surface area contributed by atoms with Crippen LogP contribution in [-0.4, -0.2) is 14.8 Å². The Morgan fingerprint density at radius 3 is 2.56 bits per heavy atom. The van der Waals surface area contributed by atoms with E-state index in [0.29, 0.717) is 5.76 Å². The van der Waals surface area contributed by atoms with Crippen LogP contribution in [0, 0.1) is 20.8 Å². The van der Waals surface area contributed by atoms with E-state index in [1.165, 1.54) is 22.3 Å². The second kappa shape index (κ2) is 7.45. The van der Waals surface area contributed by atoms with Crippen molar-refractivity contribution in [2.75, 3.05) is 0 Å². The van der Waals surface area contributed by atoms with Crippen LogP contribution in [0.4, 0.5) is 0 Å². The van der Waals surface area contributed by atoms with Crippen molar-refractivity contribution >= 4 is 11.8 Å². The molecule has 2 aromatic heterocycles. The van der Waals surface area contributed by atoms with Gasteiger partial charge in [-0.05, 0) is 55.7 Å². The summed E-state index contributed by atoms with van der Waals surface area (Å²) in [6, 6.07) is 18.6. The maximum absolute atomic E-state index is 5.60. The average molecular weight is 375 g/mol. The smallest absolute Gasteiger partial charge is 0.205 e. The Labute approximate surface area is 163 Å². The lowest BCUT2D eigenvalue weighted by atomic mass is 10.1. The van der Waals surface area contributed by atoms with E-state index >= 15 is 0 Å². The number of aryl methyl sites for hydroxylation is 3. The molecule has 5 heteroatoms. The second-order valence-electron chi connectivity index (χ2n) is 6.62. The third-order valence-corrected chi connectivity index (χ3v) is 5.57. The van der Waals surface area contributed by atoms with Gasteiger partial charge in [0.25, 0.3) is 0 Å².